The van der Waals surface area contributed by atoms with E-state index in [0.29, 0.717) is 19.3 Å². The summed E-state index contributed by atoms with van der Waals surface area (Å²) in [7, 11) is 0. The Morgan fingerprint density at radius 1 is 0.253 bits per heavy atom. The van der Waals surface area contributed by atoms with E-state index in [9.17, 15) is 14.4 Å². The number of allylic oxidation sites excluding steroid dienone is 24. The zero-order valence-electron chi connectivity index (χ0n) is 53.9. The minimum Gasteiger partial charge on any atom is -0.462 e. The number of ether oxygens (including phenoxy) is 3. The lowest BCUT2D eigenvalue weighted by molar-refractivity contribution is -0.167. The molecule has 0 N–H and O–H groups in total. The van der Waals surface area contributed by atoms with Crippen LogP contribution >= 0.6 is 0 Å². The second-order valence-corrected chi connectivity index (χ2v) is 22.4. The molecule has 6 heteroatoms. The summed E-state index contributed by atoms with van der Waals surface area (Å²) in [6, 6.07) is 0. The summed E-state index contributed by atoms with van der Waals surface area (Å²) in [6.45, 7) is 6.46. The molecule has 0 saturated heterocycles. The van der Waals surface area contributed by atoms with Gasteiger partial charge in [-0.2, -0.15) is 0 Å². The number of hydrogen-bond acceptors (Lipinski definition) is 6. The van der Waals surface area contributed by atoms with Crippen LogP contribution in [0.4, 0.5) is 0 Å². The Kier molecular flexibility index (Phi) is 65.8. The summed E-state index contributed by atoms with van der Waals surface area (Å²) in [5.74, 6) is -0.922. The Labute approximate surface area is 512 Å². The molecule has 6 nitrogen and oxygen atoms in total. The van der Waals surface area contributed by atoms with Gasteiger partial charge in [0, 0.05) is 19.3 Å². The van der Waals surface area contributed by atoms with Gasteiger partial charge in [0.2, 0.25) is 0 Å². The van der Waals surface area contributed by atoms with Crippen molar-refractivity contribution < 1.29 is 28.6 Å². The van der Waals surface area contributed by atoms with Gasteiger partial charge in [0.25, 0.3) is 0 Å². The molecule has 0 aliphatic rings. The lowest BCUT2D eigenvalue weighted by Crippen LogP contribution is -2.30. The largest absolute Gasteiger partial charge is 0.462 e. The topological polar surface area (TPSA) is 78.9 Å². The van der Waals surface area contributed by atoms with Crippen LogP contribution in [-0.4, -0.2) is 37.2 Å². The number of unbranched alkanes of at least 4 members (excludes halogenated alkanes) is 26. The molecule has 470 valence electrons. The molecule has 0 spiro atoms. The van der Waals surface area contributed by atoms with Gasteiger partial charge in [0.1, 0.15) is 13.2 Å². The van der Waals surface area contributed by atoms with Crippen LogP contribution in [0.1, 0.15) is 303 Å². The SMILES string of the molecule is CC/C=C\C/C=C\C/C=C\C/C=C\C/C=C\C/C=C\C/C=C\C/C=C\C/C=C\C/C=C\CCCCCCC(=O)OCC(COC(=O)CCCCCCCCC)OC(=O)CCCCCCCCCCCCC/C=C\C/C=C\CCCCCCC. The molecule has 0 aromatic carbocycles. The average molecular weight is 1150 g/mol. The van der Waals surface area contributed by atoms with Crippen LogP contribution in [0.25, 0.3) is 0 Å². The average Bonchev–Trinajstić information content (AvgIpc) is 3.49. The van der Waals surface area contributed by atoms with Crippen LogP contribution < -0.4 is 0 Å². The maximum atomic E-state index is 12.9. The quantitative estimate of drug-likeness (QED) is 0.0261. The molecule has 0 aliphatic carbocycles. The molecule has 0 heterocycles. The van der Waals surface area contributed by atoms with Gasteiger partial charge in [-0.05, 0) is 128 Å². The van der Waals surface area contributed by atoms with Crippen molar-refractivity contribution in [3.05, 3.63) is 146 Å². The molecule has 0 aliphatic heterocycles. The molecule has 0 aromatic rings. The highest BCUT2D eigenvalue weighted by atomic mass is 16.6. The van der Waals surface area contributed by atoms with Gasteiger partial charge in [-0.3, -0.25) is 14.4 Å². The van der Waals surface area contributed by atoms with E-state index in [1.807, 2.05) is 0 Å². The molecule has 1 unspecified atom stereocenters. The first kappa shape index (κ1) is 78.3. The van der Waals surface area contributed by atoms with Crippen molar-refractivity contribution in [1.82, 2.24) is 0 Å². The van der Waals surface area contributed by atoms with E-state index in [1.54, 1.807) is 0 Å². The maximum absolute atomic E-state index is 12.9. The summed E-state index contributed by atoms with van der Waals surface area (Å²) in [5, 5.41) is 0. The van der Waals surface area contributed by atoms with Crippen molar-refractivity contribution in [3.8, 4) is 0 Å². The standard InChI is InChI=1S/C77H126O6/c1-4-7-10-13-16-18-20-22-24-26-28-30-32-33-34-35-36-37-38-39-40-41-42-43-45-46-48-50-52-54-56-58-61-64-67-70-76(79)82-73-74(72-81-75(78)69-66-63-60-15-12-9-6-3)83-77(80)71-68-65-62-59-57-55-53-51-49-47-44-31-29-27-25-23-21-19-17-14-11-8-5-2/h7,10,16,18,21-24,27-30,33-34,36-37,39-40,42-43,46,48,52,54,74H,4-6,8-9,11-15,17,19-20,25-26,31-32,35,38,41,44-45,47,49-51,53,55-73H2,1-3H3/b10-7-,18-16-,23-21-,24-22-,29-27-,30-28-,34-33-,37-36-,40-39-,43-42-,48-46-,54-52-. The Balaban J connectivity index is 4.20. The third kappa shape index (κ3) is 68.0. The van der Waals surface area contributed by atoms with Gasteiger partial charge < -0.3 is 14.2 Å². The Hall–Kier alpha value is -4.71. The summed E-state index contributed by atoms with van der Waals surface area (Å²) < 4.78 is 16.8. The van der Waals surface area contributed by atoms with E-state index >= 15 is 0 Å². The summed E-state index contributed by atoms with van der Waals surface area (Å²) >= 11 is 0. The van der Waals surface area contributed by atoms with Crippen LogP contribution in [0.5, 0.6) is 0 Å². The summed E-state index contributed by atoms with van der Waals surface area (Å²) in [5.41, 5.74) is 0. The van der Waals surface area contributed by atoms with Gasteiger partial charge in [0.15, 0.2) is 6.10 Å². The van der Waals surface area contributed by atoms with Crippen LogP contribution in [0.2, 0.25) is 0 Å². The molecule has 0 radical (unpaired) electrons. The highest BCUT2D eigenvalue weighted by molar-refractivity contribution is 5.71. The molecule has 0 amide bonds. The Morgan fingerprint density at radius 2 is 0.470 bits per heavy atom. The van der Waals surface area contributed by atoms with Crippen molar-refractivity contribution >= 4 is 17.9 Å². The van der Waals surface area contributed by atoms with Crippen LogP contribution in [0.3, 0.4) is 0 Å². The molecular formula is C77H126O6. The first-order valence-corrected chi connectivity index (χ1v) is 34.3. The minimum atomic E-state index is -0.793. The number of hydrogen-bond donors (Lipinski definition) is 0. The molecule has 0 fully saturated rings. The second kappa shape index (κ2) is 69.8. The number of esters is 3. The Bertz CT molecular complexity index is 1800. The summed E-state index contributed by atoms with van der Waals surface area (Å²) in [4.78, 5) is 38.1. The number of carbonyl (C=O) groups is 3. The summed E-state index contributed by atoms with van der Waals surface area (Å²) in [6.07, 6.45) is 100. The normalized spacial score (nSPS) is 13.0. The van der Waals surface area contributed by atoms with Gasteiger partial charge in [0.05, 0.1) is 0 Å². The van der Waals surface area contributed by atoms with E-state index in [0.717, 1.165) is 141 Å². The molecular weight excluding hydrogens is 1020 g/mol. The third-order valence-electron chi connectivity index (χ3n) is 14.3. The zero-order chi connectivity index (χ0) is 59.9. The monoisotopic (exact) mass is 1150 g/mol. The molecule has 0 aromatic heterocycles. The zero-order valence-corrected chi connectivity index (χ0v) is 53.9. The lowest BCUT2D eigenvalue weighted by atomic mass is 10.0. The van der Waals surface area contributed by atoms with Crippen LogP contribution in [0.15, 0.2) is 146 Å². The van der Waals surface area contributed by atoms with Crippen molar-refractivity contribution in [2.45, 2.75) is 309 Å². The van der Waals surface area contributed by atoms with E-state index < -0.39 is 6.10 Å². The fourth-order valence-corrected chi connectivity index (χ4v) is 9.21. The number of carbonyl (C=O) groups excluding carboxylic acids is 3. The fraction of sp³-hybridized carbons (Fsp3) is 0.649. The first-order chi connectivity index (χ1) is 41.0. The van der Waals surface area contributed by atoms with E-state index in [2.05, 4.69) is 167 Å². The highest BCUT2D eigenvalue weighted by Gasteiger charge is 2.19. The number of rotatable bonds is 61. The fourth-order valence-electron chi connectivity index (χ4n) is 9.21. The molecule has 0 saturated carbocycles. The predicted octanol–water partition coefficient (Wildman–Crippen LogP) is 23.9. The van der Waals surface area contributed by atoms with Crippen LogP contribution in [0, 0.1) is 0 Å². The molecule has 0 rings (SSSR count). The Morgan fingerprint density at radius 3 is 0.735 bits per heavy atom. The van der Waals surface area contributed by atoms with Gasteiger partial charge in [-0.15, -0.1) is 0 Å². The van der Waals surface area contributed by atoms with Crippen molar-refractivity contribution in [2.24, 2.45) is 0 Å². The maximum Gasteiger partial charge on any atom is 0.306 e. The van der Waals surface area contributed by atoms with Crippen LogP contribution in [-0.2, 0) is 28.6 Å². The minimum absolute atomic E-state index is 0.0892. The van der Waals surface area contributed by atoms with Crippen molar-refractivity contribution in [2.75, 3.05) is 13.2 Å². The first-order valence-electron chi connectivity index (χ1n) is 34.3. The van der Waals surface area contributed by atoms with E-state index in [4.69, 9.17) is 14.2 Å². The van der Waals surface area contributed by atoms with Gasteiger partial charge in [-0.1, -0.05) is 301 Å². The van der Waals surface area contributed by atoms with E-state index in [1.165, 1.54) is 122 Å². The highest BCUT2D eigenvalue weighted by Crippen LogP contribution is 2.15. The lowest BCUT2D eigenvalue weighted by Gasteiger charge is -2.18. The molecule has 83 heavy (non-hydrogen) atoms. The predicted molar refractivity (Wildman–Crippen MR) is 362 cm³/mol. The van der Waals surface area contributed by atoms with E-state index in [-0.39, 0.29) is 31.1 Å². The molecule has 1 atom stereocenters. The second-order valence-electron chi connectivity index (χ2n) is 22.4. The smallest absolute Gasteiger partial charge is 0.306 e. The van der Waals surface area contributed by atoms with Gasteiger partial charge in [-0.25, -0.2) is 0 Å². The molecule has 0 bridgehead atoms. The van der Waals surface area contributed by atoms with Crippen molar-refractivity contribution in [1.29, 1.82) is 0 Å². The van der Waals surface area contributed by atoms with Crippen molar-refractivity contribution in [3.63, 3.8) is 0 Å². The third-order valence-corrected chi connectivity index (χ3v) is 14.3. The van der Waals surface area contributed by atoms with Gasteiger partial charge >= 0.3 is 17.9 Å².